The molecule has 4 unspecified atom stereocenters. The van der Waals surface area contributed by atoms with Crippen LogP contribution in [-0.2, 0) is 19.2 Å². The first-order valence-electron chi connectivity index (χ1n) is 13.9. The van der Waals surface area contributed by atoms with Gasteiger partial charge in [-0.15, -0.1) is 23.5 Å². The van der Waals surface area contributed by atoms with Crippen molar-refractivity contribution in [1.82, 2.24) is 9.80 Å². The number of rotatable bonds is 12. The van der Waals surface area contributed by atoms with Gasteiger partial charge in [-0.25, -0.2) is 0 Å². The first-order chi connectivity index (χ1) is 21.0. The number of nitrogens with zero attached hydrogens (tertiary/aromatic N) is 2. The lowest BCUT2D eigenvalue weighted by Crippen LogP contribution is -2.42. The normalized spacial score (nSPS) is 23.6. The molecule has 6 atom stereocenters. The number of ether oxygens (including phenoxy) is 2. The Morgan fingerprint density at radius 3 is 1.36 bits per heavy atom. The van der Waals surface area contributed by atoms with E-state index in [0.717, 1.165) is 32.7 Å². The summed E-state index contributed by atoms with van der Waals surface area (Å²) in [6, 6.07) is 13.4. The Hall–Kier alpha value is -2.36. The largest absolute Gasteiger partial charge is 0.497 e. The van der Waals surface area contributed by atoms with Crippen molar-refractivity contribution in [3.63, 3.8) is 0 Å². The molecule has 14 heteroatoms. The number of aliphatic carboxylic acids is 2. The quantitative estimate of drug-likeness (QED) is 0.288. The molecule has 0 radical (unpaired) electrons. The number of benzene rings is 2. The number of thioether (sulfide) groups is 2. The highest BCUT2D eigenvalue weighted by molar-refractivity contribution is 8.87. The topological polar surface area (TPSA) is 134 Å². The number of hydrogen-bond acceptors (Lipinski definition) is 12. The van der Waals surface area contributed by atoms with Crippen LogP contribution >= 0.6 is 45.1 Å². The number of methoxy groups -OCH3 is 2. The average molecular weight is 681 g/mol. The first-order valence-corrected chi connectivity index (χ1v) is 18.2. The number of hydrogen-bond donors (Lipinski definition) is 2. The summed E-state index contributed by atoms with van der Waals surface area (Å²) in [6.07, 6.45) is 0. The van der Waals surface area contributed by atoms with E-state index in [1.165, 1.54) is 23.5 Å². The van der Waals surface area contributed by atoms with Crippen molar-refractivity contribution in [1.29, 1.82) is 0 Å². The molecule has 2 aromatic rings. The molecule has 2 fully saturated rings. The van der Waals surface area contributed by atoms with Gasteiger partial charge in [0.05, 0.1) is 25.0 Å². The summed E-state index contributed by atoms with van der Waals surface area (Å²) in [4.78, 5) is 54.0. The van der Waals surface area contributed by atoms with Crippen LogP contribution in [0.5, 0.6) is 11.5 Å². The SMILES string of the molecule is COc1ccc(C2SCC(C(=O)O)N2C[C@H](C)C(=O)SSC(=O)[C@@H](C)CN2C(C(=O)O)CSC2c2ccc(OC)cc2)cc1. The summed E-state index contributed by atoms with van der Waals surface area (Å²) >= 11 is 3.04. The Bertz CT molecular complexity index is 1230. The molecule has 0 saturated carbocycles. The fourth-order valence-corrected chi connectivity index (χ4v) is 10.2. The lowest BCUT2D eigenvalue weighted by atomic mass is 10.1. The third kappa shape index (κ3) is 8.26. The molecule has 44 heavy (non-hydrogen) atoms. The van der Waals surface area contributed by atoms with Crippen molar-refractivity contribution in [2.75, 3.05) is 38.8 Å². The van der Waals surface area contributed by atoms with Gasteiger partial charge in [-0.1, -0.05) is 38.1 Å². The first kappa shape index (κ1) is 34.5. The fraction of sp³-hybridized carbons (Fsp3) is 0.467. The highest BCUT2D eigenvalue weighted by Gasteiger charge is 2.42. The van der Waals surface area contributed by atoms with Gasteiger partial charge in [0.2, 0.25) is 10.2 Å². The van der Waals surface area contributed by atoms with Gasteiger partial charge < -0.3 is 19.7 Å². The minimum absolute atomic E-state index is 0.221. The molecule has 2 heterocycles. The smallest absolute Gasteiger partial charge is 0.321 e. The van der Waals surface area contributed by atoms with E-state index >= 15 is 0 Å². The van der Waals surface area contributed by atoms with E-state index in [1.807, 2.05) is 58.3 Å². The second-order valence-corrected chi connectivity index (χ2v) is 15.0. The summed E-state index contributed by atoms with van der Waals surface area (Å²) < 4.78 is 10.5. The van der Waals surface area contributed by atoms with E-state index in [4.69, 9.17) is 9.47 Å². The monoisotopic (exact) mass is 680 g/mol. The molecule has 0 bridgehead atoms. The molecule has 4 rings (SSSR count). The summed E-state index contributed by atoms with van der Waals surface area (Å²) in [5.74, 6) is -0.730. The Balaban J connectivity index is 1.35. The van der Waals surface area contributed by atoms with Crippen molar-refractivity contribution < 1.29 is 38.9 Å². The van der Waals surface area contributed by atoms with E-state index < -0.39 is 35.9 Å². The van der Waals surface area contributed by atoms with Crippen LogP contribution in [0, 0.1) is 11.8 Å². The lowest BCUT2D eigenvalue weighted by molar-refractivity contribution is -0.143. The molecule has 2 aromatic carbocycles. The Morgan fingerprint density at radius 2 is 1.07 bits per heavy atom. The van der Waals surface area contributed by atoms with Crippen LogP contribution in [0.3, 0.4) is 0 Å². The second kappa shape index (κ2) is 15.8. The van der Waals surface area contributed by atoms with Crippen LogP contribution in [0.15, 0.2) is 48.5 Å². The van der Waals surface area contributed by atoms with Crippen LogP contribution in [0.2, 0.25) is 0 Å². The van der Waals surface area contributed by atoms with Crippen molar-refractivity contribution in [2.24, 2.45) is 11.8 Å². The third-order valence-corrected chi connectivity index (χ3v) is 12.8. The summed E-state index contributed by atoms with van der Waals surface area (Å²) in [5, 5.41) is 18.8. The highest BCUT2D eigenvalue weighted by Crippen LogP contribution is 2.44. The second-order valence-electron chi connectivity index (χ2n) is 10.6. The van der Waals surface area contributed by atoms with Gasteiger partial charge in [-0.2, -0.15) is 0 Å². The molecule has 238 valence electrons. The van der Waals surface area contributed by atoms with Gasteiger partial charge in [-0.3, -0.25) is 29.0 Å². The molecule has 2 aliphatic rings. The standard InChI is InChI=1S/C30H36N2O8S4/c1-17(13-31-23(27(33)34)15-41-25(31)19-5-9-21(39-3)10-6-19)29(37)43-44-30(38)18(2)14-32-24(28(35)36)16-42-26(32)20-7-11-22(40-4)12-8-20/h5-12,17-18,23-26H,13-16H2,1-4H3,(H,33,34)(H,35,36)/t17-,18-,23?,24?,25?,26?/m0/s1. The van der Waals surface area contributed by atoms with Crippen LogP contribution in [-0.4, -0.2) is 93.1 Å². The van der Waals surface area contributed by atoms with Gasteiger partial charge in [0.1, 0.15) is 23.6 Å². The lowest BCUT2D eigenvalue weighted by Gasteiger charge is -2.30. The van der Waals surface area contributed by atoms with Crippen molar-refractivity contribution >= 4 is 67.3 Å². The van der Waals surface area contributed by atoms with Gasteiger partial charge in [0, 0.05) is 36.4 Å². The zero-order valence-corrected chi connectivity index (χ0v) is 28.0. The third-order valence-electron chi connectivity index (χ3n) is 7.58. The molecule has 0 spiro atoms. The summed E-state index contributed by atoms with van der Waals surface area (Å²) in [6.45, 7) is 3.95. The Kier molecular flexibility index (Phi) is 12.4. The van der Waals surface area contributed by atoms with Gasteiger partial charge in [0.25, 0.3) is 0 Å². The van der Waals surface area contributed by atoms with Gasteiger partial charge in [-0.05, 0) is 57.0 Å². The van der Waals surface area contributed by atoms with E-state index in [0.29, 0.717) is 23.0 Å². The molecule has 2 aliphatic heterocycles. The van der Waals surface area contributed by atoms with E-state index in [2.05, 4.69) is 0 Å². The number of carboxylic acids is 2. The van der Waals surface area contributed by atoms with Crippen molar-refractivity contribution in [3.8, 4) is 11.5 Å². The van der Waals surface area contributed by atoms with Gasteiger partial charge in [0.15, 0.2) is 0 Å². The number of carboxylic acid groups (broad SMARTS) is 2. The van der Waals surface area contributed by atoms with Crippen LogP contribution in [0.4, 0.5) is 0 Å². The molecule has 2 saturated heterocycles. The average Bonchev–Trinajstić information content (AvgIpc) is 3.64. The summed E-state index contributed by atoms with van der Waals surface area (Å²) in [7, 11) is 4.88. The molecule has 10 nitrogen and oxygen atoms in total. The molecule has 0 aromatic heterocycles. The predicted octanol–water partition coefficient (Wildman–Crippen LogP) is 5.11. The van der Waals surface area contributed by atoms with E-state index in [9.17, 15) is 29.4 Å². The Labute approximate surface area is 273 Å². The zero-order chi connectivity index (χ0) is 32.0. The van der Waals surface area contributed by atoms with Crippen LogP contribution < -0.4 is 9.47 Å². The fourth-order valence-electron chi connectivity index (χ4n) is 5.09. The minimum atomic E-state index is -0.938. The Morgan fingerprint density at radius 1 is 0.727 bits per heavy atom. The number of carbonyl (C=O) groups excluding carboxylic acids is 2. The van der Waals surface area contributed by atoms with E-state index in [-0.39, 0.29) is 34.1 Å². The maximum absolute atomic E-state index is 13.1. The molecule has 0 amide bonds. The minimum Gasteiger partial charge on any atom is -0.497 e. The summed E-state index contributed by atoms with van der Waals surface area (Å²) in [5.41, 5.74) is 1.86. The van der Waals surface area contributed by atoms with Crippen LogP contribution in [0.1, 0.15) is 35.7 Å². The zero-order valence-electron chi connectivity index (χ0n) is 24.8. The van der Waals surface area contributed by atoms with Crippen LogP contribution in [0.25, 0.3) is 0 Å². The highest BCUT2D eigenvalue weighted by atomic mass is 33.1. The van der Waals surface area contributed by atoms with E-state index in [1.54, 1.807) is 28.1 Å². The predicted molar refractivity (Wildman–Crippen MR) is 176 cm³/mol. The molecule has 2 N–H and O–H groups in total. The molecule has 0 aliphatic carbocycles. The van der Waals surface area contributed by atoms with Crippen molar-refractivity contribution in [2.45, 2.75) is 36.7 Å². The maximum Gasteiger partial charge on any atom is 0.321 e. The molecular formula is C30H36N2O8S4. The maximum atomic E-state index is 13.1. The molecular weight excluding hydrogens is 645 g/mol. The number of carbonyl (C=O) groups is 4. The van der Waals surface area contributed by atoms with Gasteiger partial charge >= 0.3 is 11.9 Å². The van der Waals surface area contributed by atoms with Crippen molar-refractivity contribution in [3.05, 3.63) is 59.7 Å².